The Kier molecular flexibility index (Phi) is 6.27. The van der Waals surface area contributed by atoms with Crippen LogP contribution in [0.25, 0.3) is 17.0 Å². The third kappa shape index (κ3) is 4.28. The van der Waals surface area contributed by atoms with E-state index in [0.717, 1.165) is 46.0 Å². The average Bonchev–Trinajstić information content (AvgIpc) is 3.30. The molecule has 0 aliphatic carbocycles. The number of hydrogen-bond donors (Lipinski definition) is 1. The first-order valence-corrected chi connectivity index (χ1v) is 12.6. The number of thiocarbonyl (C=S) groups is 1. The Morgan fingerprint density at radius 1 is 1.21 bits per heavy atom. The second-order valence-corrected chi connectivity index (χ2v) is 10.1. The maximum Gasteiger partial charge on any atom is 0.281 e. The fourth-order valence-corrected chi connectivity index (χ4v) is 5.41. The number of hydrogen-bond acceptors (Lipinski definition) is 3. The van der Waals surface area contributed by atoms with E-state index in [9.17, 15) is 9.59 Å². The highest BCUT2D eigenvalue weighted by Gasteiger charge is 2.32. The number of carbonyl (C=O) groups is 2. The van der Waals surface area contributed by atoms with Gasteiger partial charge in [0.05, 0.1) is 5.69 Å². The highest BCUT2D eigenvalue weighted by atomic mass is 79.9. The lowest BCUT2D eigenvalue weighted by molar-refractivity contribution is -0.135. The van der Waals surface area contributed by atoms with Crippen molar-refractivity contribution in [1.82, 2.24) is 14.8 Å². The Labute approximate surface area is 212 Å². The number of anilines is 1. The predicted octanol–water partition coefficient (Wildman–Crippen LogP) is 5.07. The van der Waals surface area contributed by atoms with E-state index in [-0.39, 0.29) is 24.4 Å². The second-order valence-electron chi connectivity index (χ2n) is 8.77. The molecule has 2 fully saturated rings. The molecule has 5 rings (SSSR count). The number of nitrogens with zero attached hydrogens (tertiary/aromatic N) is 3. The molecule has 34 heavy (non-hydrogen) atoms. The first-order chi connectivity index (χ1) is 16.4. The van der Waals surface area contributed by atoms with Gasteiger partial charge in [0.25, 0.3) is 5.91 Å². The SMILES string of the molecule is C[C@@H]1CCCCN1C(=O)Cn1cc(/C=C2\NC(=S)N(c3ccccc3)C2=O)c2cc(Br)ccc21. The molecule has 2 aromatic carbocycles. The summed E-state index contributed by atoms with van der Waals surface area (Å²) in [6.45, 7) is 3.20. The summed E-state index contributed by atoms with van der Waals surface area (Å²) in [6.07, 6.45) is 7.04. The van der Waals surface area contributed by atoms with Gasteiger partial charge in [-0.15, -0.1) is 0 Å². The topological polar surface area (TPSA) is 57.6 Å². The van der Waals surface area contributed by atoms with Crippen LogP contribution in [0.2, 0.25) is 0 Å². The lowest BCUT2D eigenvalue weighted by atomic mass is 10.0. The number of nitrogens with one attached hydrogen (secondary N) is 1. The Hall–Kier alpha value is -2.97. The van der Waals surface area contributed by atoms with Crippen LogP contribution in [0.3, 0.4) is 0 Å². The van der Waals surface area contributed by atoms with Crippen molar-refractivity contribution in [3.8, 4) is 0 Å². The molecule has 6 nitrogen and oxygen atoms in total. The molecule has 0 unspecified atom stereocenters. The molecular formula is C26H25BrN4O2S. The van der Waals surface area contributed by atoms with Crippen LogP contribution in [-0.2, 0) is 16.1 Å². The number of piperidine rings is 1. The quantitative estimate of drug-likeness (QED) is 0.373. The first kappa shape index (κ1) is 22.8. The molecule has 0 spiro atoms. The Balaban J connectivity index is 1.49. The number of amides is 2. The lowest BCUT2D eigenvalue weighted by Crippen LogP contribution is -2.43. The minimum absolute atomic E-state index is 0.123. The maximum atomic E-state index is 13.2. The summed E-state index contributed by atoms with van der Waals surface area (Å²) in [5, 5.41) is 4.37. The molecule has 3 heterocycles. The van der Waals surface area contributed by atoms with Gasteiger partial charge in [-0.2, -0.15) is 0 Å². The van der Waals surface area contributed by atoms with Gasteiger partial charge in [-0.3, -0.25) is 14.5 Å². The zero-order chi connectivity index (χ0) is 23.8. The van der Waals surface area contributed by atoms with E-state index in [1.54, 1.807) is 0 Å². The molecule has 2 amide bonds. The van der Waals surface area contributed by atoms with Crippen LogP contribution in [0.5, 0.6) is 0 Å². The van der Waals surface area contributed by atoms with Crippen molar-refractivity contribution in [1.29, 1.82) is 0 Å². The lowest BCUT2D eigenvalue weighted by Gasteiger charge is -2.33. The minimum Gasteiger partial charge on any atom is -0.338 e. The summed E-state index contributed by atoms with van der Waals surface area (Å²) < 4.78 is 2.91. The van der Waals surface area contributed by atoms with E-state index >= 15 is 0 Å². The van der Waals surface area contributed by atoms with Crippen LogP contribution in [0, 0.1) is 0 Å². The van der Waals surface area contributed by atoms with E-state index in [1.165, 1.54) is 11.3 Å². The zero-order valence-corrected chi connectivity index (χ0v) is 21.2. The van der Waals surface area contributed by atoms with Gasteiger partial charge in [-0.25, -0.2) is 0 Å². The molecule has 174 valence electrons. The average molecular weight is 537 g/mol. The molecule has 1 atom stereocenters. The van der Waals surface area contributed by atoms with Gasteiger partial charge in [0.15, 0.2) is 5.11 Å². The molecule has 0 radical (unpaired) electrons. The summed E-state index contributed by atoms with van der Waals surface area (Å²) in [4.78, 5) is 29.8. The van der Waals surface area contributed by atoms with Crippen LogP contribution >= 0.6 is 28.1 Å². The fourth-order valence-electron chi connectivity index (χ4n) is 4.75. The van der Waals surface area contributed by atoms with Crippen LogP contribution in [0.1, 0.15) is 31.7 Å². The number of halogens is 1. The van der Waals surface area contributed by atoms with Gasteiger partial charge in [-0.1, -0.05) is 34.1 Å². The van der Waals surface area contributed by atoms with Crippen LogP contribution in [-0.4, -0.2) is 39.0 Å². The fraction of sp³-hybridized carbons (Fsp3) is 0.269. The predicted molar refractivity (Wildman–Crippen MR) is 142 cm³/mol. The molecule has 8 heteroatoms. The summed E-state index contributed by atoms with van der Waals surface area (Å²) >= 11 is 9.00. The Bertz CT molecular complexity index is 1320. The molecule has 0 saturated carbocycles. The largest absolute Gasteiger partial charge is 0.338 e. The Morgan fingerprint density at radius 3 is 2.76 bits per heavy atom. The van der Waals surface area contributed by atoms with Crippen molar-refractivity contribution in [2.75, 3.05) is 11.4 Å². The van der Waals surface area contributed by atoms with Crippen molar-refractivity contribution in [3.05, 3.63) is 70.5 Å². The number of likely N-dealkylation sites (tertiary alicyclic amines) is 1. The molecule has 1 aromatic heterocycles. The zero-order valence-electron chi connectivity index (χ0n) is 18.8. The van der Waals surface area contributed by atoms with Gasteiger partial charge in [0.1, 0.15) is 12.2 Å². The number of carbonyl (C=O) groups excluding carboxylic acids is 2. The number of fused-ring (bicyclic) bond motifs is 1. The number of aromatic nitrogens is 1. The van der Waals surface area contributed by atoms with E-state index < -0.39 is 0 Å². The van der Waals surface area contributed by atoms with E-state index in [0.29, 0.717) is 10.8 Å². The smallest absolute Gasteiger partial charge is 0.281 e. The minimum atomic E-state index is -0.203. The Morgan fingerprint density at radius 2 is 2.00 bits per heavy atom. The highest BCUT2D eigenvalue weighted by molar-refractivity contribution is 9.10. The van der Waals surface area contributed by atoms with E-state index in [2.05, 4.69) is 28.2 Å². The normalized spacial score (nSPS) is 19.8. The summed E-state index contributed by atoms with van der Waals surface area (Å²) in [5.74, 6) is -0.0805. The summed E-state index contributed by atoms with van der Waals surface area (Å²) in [6, 6.07) is 15.6. The van der Waals surface area contributed by atoms with Crippen molar-refractivity contribution < 1.29 is 9.59 Å². The third-order valence-corrected chi connectivity index (χ3v) is 7.27. The summed E-state index contributed by atoms with van der Waals surface area (Å²) in [7, 11) is 0. The third-order valence-electron chi connectivity index (χ3n) is 6.50. The van der Waals surface area contributed by atoms with Crippen LogP contribution in [0.4, 0.5) is 5.69 Å². The van der Waals surface area contributed by atoms with Gasteiger partial charge in [0, 0.05) is 39.7 Å². The molecule has 3 aromatic rings. The molecule has 0 bridgehead atoms. The molecule has 1 N–H and O–H groups in total. The number of rotatable bonds is 4. The van der Waals surface area contributed by atoms with Crippen molar-refractivity contribution >= 4 is 67.7 Å². The van der Waals surface area contributed by atoms with Gasteiger partial charge in [-0.05, 0) is 74.8 Å². The molecule has 2 aliphatic heterocycles. The summed E-state index contributed by atoms with van der Waals surface area (Å²) in [5.41, 5.74) is 2.93. The van der Waals surface area contributed by atoms with Crippen molar-refractivity contribution in [2.24, 2.45) is 0 Å². The van der Waals surface area contributed by atoms with Gasteiger partial charge < -0.3 is 14.8 Å². The van der Waals surface area contributed by atoms with E-state index in [1.807, 2.05) is 70.3 Å². The number of para-hydroxylation sites is 1. The van der Waals surface area contributed by atoms with Crippen molar-refractivity contribution in [3.63, 3.8) is 0 Å². The second kappa shape index (κ2) is 9.35. The standard InChI is InChI=1S/C26H25BrN4O2S/c1-17-7-5-6-12-30(17)24(32)16-29-15-18(21-14-19(27)10-11-23(21)29)13-22-25(33)31(26(34)28-22)20-8-3-2-4-9-20/h2-4,8-11,13-15,17H,5-7,12,16H2,1H3,(H,28,34)/b22-13-/t17-/m1/s1. The first-order valence-electron chi connectivity index (χ1n) is 11.4. The molecular weight excluding hydrogens is 512 g/mol. The van der Waals surface area contributed by atoms with Crippen LogP contribution in [0.15, 0.2) is 64.9 Å². The van der Waals surface area contributed by atoms with E-state index in [4.69, 9.17) is 12.2 Å². The molecule has 2 aliphatic rings. The van der Waals surface area contributed by atoms with Gasteiger partial charge >= 0.3 is 0 Å². The van der Waals surface area contributed by atoms with Crippen molar-refractivity contribution in [2.45, 2.75) is 38.8 Å². The maximum absolute atomic E-state index is 13.2. The van der Waals surface area contributed by atoms with Crippen LogP contribution < -0.4 is 10.2 Å². The number of benzene rings is 2. The highest BCUT2D eigenvalue weighted by Crippen LogP contribution is 2.29. The van der Waals surface area contributed by atoms with Gasteiger partial charge in [0.2, 0.25) is 5.91 Å². The molecule has 2 saturated heterocycles. The monoisotopic (exact) mass is 536 g/mol.